The van der Waals surface area contributed by atoms with Crippen molar-refractivity contribution in [3.8, 4) is 11.4 Å². The normalized spacial score (nSPS) is 15.9. The monoisotopic (exact) mass is 508 g/mol. The van der Waals surface area contributed by atoms with E-state index in [1.54, 1.807) is 35.1 Å². The van der Waals surface area contributed by atoms with Crippen molar-refractivity contribution < 1.29 is 9.13 Å². The molecule has 1 aliphatic rings. The molecule has 4 nitrogen and oxygen atoms in total. The molecule has 2 aromatic heterocycles. The Hall–Kier alpha value is -2.64. The minimum Gasteiger partial charge on any atom is -0.497 e. The number of methoxy groups -OCH3 is 1. The van der Waals surface area contributed by atoms with Gasteiger partial charge in [0.15, 0.2) is 5.16 Å². The van der Waals surface area contributed by atoms with E-state index in [1.807, 2.05) is 30.3 Å². The van der Waals surface area contributed by atoms with Gasteiger partial charge in [0, 0.05) is 10.6 Å². The number of fused-ring (bicyclic) bond motifs is 3. The number of rotatable bonds is 5. The highest BCUT2D eigenvalue weighted by Gasteiger charge is 2.32. The maximum absolute atomic E-state index is 14.3. The molecule has 1 atom stereocenters. The molecule has 0 saturated heterocycles. The Morgan fingerprint density at radius 1 is 1.17 bits per heavy atom. The van der Waals surface area contributed by atoms with Gasteiger partial charge in [-0.1, -0.05) is 50.7 Å². The highest BCUT2D eigenvalue weighted by atomic mass is 32.2. The minimum atomic E-state index is -0.251. The largest absolute Gasteiger partial charge is 0.497 e. The van der Waals surface area contributed by atoms with Crippen LogP contribution in [0, 0.1) is 17.2 Å². The number of hydrogen-bond acceptors (Lipinski definition) is 5. The highest BCUT2D eigenvalue weighted by molar-refractivity contribution is 7.98. The Labute approximate surface area is 213 Å². The first-order valence-corrected chi connectivity index (χ1v) is 13.6. The summed E-state index contributed by atoms with van der Waals surface area (Å²) >= 11 is 3.04. The summed E-state index contributed by atoms with van der Waals surface area (Å²) in [5.74, 6) is 1.44. The van der Waals surface area contributed by atoms with Gasteiger partial charge in [-0.15, -0.1) is 11.3 Å². The molecule has 7 heteroatoms. The number of thioether (sulfide) groups is 1. The maximum Gasteiger partial charge on any atom is 0.267 e. The lowest BCUT2D eigenvalue weighted by molar-refractivity contribution is 0.218. The van der Waals surface area contributed by atoms with Gasteiger partial charge in [-0.05, 0) is 72.1 Å². The molecule has 1 aliphatic carbocycles. The molecule has 4 aromatic rings. The second-order valence-corrected chi connectivity index (χ2v) is 12.1. The van der Waals surface area contributed by atoms with Crippen LogP contribution in [-0.2, 0) is 18.6 Å². The number of nitrogens with zero attached hydrogens (tertiary/aromatic N) is 2. The molecule has 0 aliphatic heterocycles. The molecule has 2 heterocycles. The van der Waals surface area contributed by atoms with Crippen molar-refractivity contribution in [2.24, 2.45) is 11.3 Å². The first kappa shape index (κ1) is 24.1. The van der Waals surface area contributed by atoms with Crippen LogP contribution in [0.3, 0.4) is 0 Å². The first-order valence-electron chi connectivity index (χ1n) is 11.8. The van der Waals surface area contributed by atoms with Crippen LogP contribution in [-0.4, -0.2) is 16.7 Å². The Kier molecular flexibility index (Phi) is 6.49. The van der Waals surface area contributed by atoms with Gasteiger partial charge >= 0.3 is 0 Å². The molecule has 0 N–H and O–H groups in total. The molecule has 2 aromatic carbocycles. The average Bonchev–Trinajstić information content (AvgIpc) is 3.21. The Morgan fingerprint density at radius 3 is 2.60 bits per heavy atom. The van der Waals surface area contributed by atoms with E-state index in [2.05, 4.69) is 20.8 Å². The lowest BCUT2D eigenvalue weighted by Crippen LogP contribution is -2.27. The van der Waals surface area contributed by atoms with Crippen molar-refractivity contribution in [3.63, 3.8) is 0 Å². The van der Waals surface area contributed by atoms with Crippen molar-refractivity contribution in [2.75, 3.05) is 7.11 Å². The molecule has 5 rings (SSSR count). The third-order valence-corrected chi connectivity index (χ3v) is 9.06. The highest BCUT2D eigenvalue weighted by Crippen LogP contribution is 2.42. The third-order valence-electron chi connectivity index (χ3n) is 6.92. The minimum absolute atomic E-state index is 0.0529. The molecule has 1 unspecified atom stereocenters. The molecular formula is C28H29FN2O2S2. The van der Waals surface area contributed by atoms with Crippen LogP contribution < -0.4 is 10.3 Å². The van der Waals surface area contributed by atoms with Gasteiger partial charge < -0.3 is 4.74 Å². The quantitative estimate of drug-likeness (QED) is 0.214. The number of aryl methyl sites for hydroxylation is 1. The van der Waals surface area contributed by atoms with E-state index in [1.165, 1.54) is 22.7 Å². The predicted octanol–water partition coefficient (Wildman–Crippen LogP) is 7.04. The molecular weight excluding hydrogens is 479 g/mol. The number of benzene rings is 2. The van der Waals surface area contributed by atoms with Gasteiger partial charge in [0.1, 0.15) is 16.4 Å². The fourth-order valence-electron chi connectivity index (χ4n) is 4.76. The topological polar surface area (TPSA) is 44.1 Å². The van der Waals surface area contributed by atoms with Gasteiger partial charge in [0.25, 0.3) is 5.56 Å². The summed E-state index contributed by atoms with van der Waals surface area (Å²) in [6, 6.07) is 14.2. The van der Waals surface area contributed by atoms with Gasteiger partial charge in [-0.3, -0.25) is 9.36 Å². The van der Waals surface area contributed by atoms with Crippen LogP contribution in [0.5, 0.6) is 5.75 Å². The van der Waals surface area contributed by atoms with Gasteiger partial charge in [0.05, 0.1) is 18.2 Å². The predicted molar refractivity (Wildman–Crippen MR) is 143 cm³/mol. The molecule has 35 heavy (non-hydrogen) atoms. The molecule has 0 amide bonds. The summed E-state index contributed by atoms with van der Waals surface area (Å²) in [6.45, 7) is 6.88. The van der Waals surface area contributed by atoms with Gasteiger partial charge in [0.2, 0.25) is 0 Å². The van der Waals surface area contributed by atoms with Crippen molar-refractivity contribution >= 4 is 33.3 Å². The van der Waals surface area contributed by atoms with Crippen molar-refractivity contribution in [1.82, 2.24) is 9.55 Å². The zero-order chi connectivity index (χ0) is 24.7. The lowest BCUT2D eigenvalue weighted by atomic mass is 9.72. The number of ether oxygens (including phenoxy) is 1. The standard InChI is InChI=1S/C28H29FN2O2S2/c1-28(2,3)18-9-14-21-23(15-18)35-25-24(21)26(32)31(19-10-12-20(33-4)13-11-19)27(30-25)34-16-17-7-5-6-8-22(17)29/h5-8,10-13,18H,9,14-16H2,1-4H3. The maximum atomic E-state index is 14.3. The van der Waals surface area contributed by atoms with Gasteiger partial charge in [-0.2, -0.15) is 0 Å². The number of aromatic nitrogens is 2. The molecule has 0 radical (unpaired) electrons. The number of hydrogen-bond donors (Lipinski definition) is 0. The molecule has 182 valence electrons. The molecule has 0 fully saturated rings. The van der Waals surface area contributed by atoms with Crippen LogP contribution >= 0.6 is 23.1 Å². The van der Waals surface area contributed by atoms with Crippen LogP contribution in [0.15, 0.2) is 58.5 Å². The Balaban J connectivity index is 1.63. The second-order valence-electron chi connectivity index (χ2n) is 10.1. The zero-order valence-electron chi connectivity index (χ0n) is 20.4. The van der Waals surface area contributed by atoms with E-state index in [9.17, 15) is 9.18 Å². The van der Waals surface area contributed by atoms with Crippen LogP contribution in [0.2, 0.25) is 0 Å². The first-order chi connectivity index (χ1) is 16.8. The van der Waals surface area contributed by atoms with E-state index in [0.29, 0.717) is 22.4 Å². The summed E-state index contributed by atoms with van der Waals surface area (Å²) in [4.78, 5) is 21.1. The summed E-state index contributed by atoms with van der Waals surface area (Å²) in [5.41, 5.74) is 2.65. The summed E-state index contributed by atoms with van der Waals surface area (Å²) in [5, 5.41) is 1.31. The average molecular weight is 509 g/mol. The van der Waals surface area contributed by atoms with E-state index in [4.69, 9.17) is 9.72 Å². The zero-order valence-corrected chi connectivity index (χ0v) is 22.1. The molecule has 0 spiro atoms. The van der Waals surface area contributed by atoms with Gasteiger partial charge in [-0.25, -0.2) is 9.37 Å². The van der Waals surface area contributed by atoms with Crippen molar-refractivity contribution in [2.45, 2.75) is 50.9 Å². The third kappa shape index (κ3) is 4.64. The summed E-state index contributed by atoms with van der Waals surface area (Å²) in [7, 11) is 1.62. The van der Waals surface area contributed by atoms with Crippen LogP contribution in [0.4, 0.5) is 4.39 Å². The Morgan fingerprint density at radius 2 is 1.91 bits per heavy atom. The van der Waals surface area contributed by atoms with E-state index in [0.717, 1.165) is 46.5 Å². The SMILES string of the molecule is COc1ccc(-n2c(SCc3ccccc3F)nc3sc4c(c3c2=O)CCC(C(C)(C)C)C4)cc1. The number of thiophene rings is 1. The van der Waals surface area contributed by atoms with E-state index < -0.39 is 0 Å². The van der Waals surface area contributed by atoms with E-state index in [-0.39, 0.29) is 16.8 Å². The lowest BCUT2D eigenvalue weighted by Gasteiger charge is -2.33. The number of halogens is 1. The summed E-state index contributed by atoms with van der Waals surface area (Å²) in [6.07, 6.45) is 2.96. The fourth-order valence-corrected chi connectivity index (χ4v) is 7.10. The van der Waals surface area contributed by atoms with Crippen LogP contribution in [0.1, 0.15) is 43.2 Å². The van der Waals surface area contributed by atoms with Crippen molar-refractivity contribution in [1.29, 1.82) is 0 Å². The molecule has 0 saturated carbocycles. The van der Waals surface area contributed by atoms with Crippen LogP contribution in [0.25, 0.3) is 15.9 Å². The Bertz CT molecular complexity index is 1430. The van der Waals surface area contributed by atoms with Crippen molar-refractivity contribution in [3.05, 3.63) is 80.7 Å². The smallest absolute Gasteiger partial charge is 0.267 e. The van der Waals surface area contributed by atoms with E-state index >= 15 is 0 Å². The fraction of sp³-hybridized carbons (Fsp3) is 0.357. The molecule has 0 bridgehead atoms. The summed E-state index contributed by atoms with van der Waals surface area (Å²) < 4.78 is 21.3. The second kappa shape index (κ2) is 9.43.